The number of anilines is 1. The molecule has 2 rings (SSSR count). The summed E-state index contributed by atoms with van der Waals surface area (Å²) in [5.41, 5.74) is 1.02. The Hall–Kier alpha value is -1.59. The van der Waals surface area contributed by atoms with Crippen molar-refractivity contribution in [2.24, 2.45) is 0 Å². The molecule has 0 bridgehead atoms. The van der Waals surface area contributed by atoms with Crippen LogP contribution >= 0.6 is 27.5 Å². The zero-order chi connectivity index (χ0) is 13.8. The average Bonchev–Trinajstić information content (AvgIpc) is 2.38. The first-order valence-electron chi connectivity index (χ1n) is 5.36. The van der Waals surface area contributed by atoms with E-state index in [0.717, 1.165) is 4.47 Å². The molecule has 19 heavy (non-hydrogen) atoms. The summed E-state index contributed by atoms with van der Waals surface area (Å²) in [6.07, 6.45) is 1.52. The summed E-state index contributed by atoms with van der Waals surface area (Å²) in [6.45, 7) is 0. The summed E-state index contributed by atoms with van der Waals surface area (Å²) in [4.78, 5) is 16.0. The topological polar surface area (TPSA) is 51.2 Å². The highest BCUT2D eigenvalue weighted by molar-refractivity contribution is 9.10. The first kappa shape index (κ1) is 13.8. The Morgan fingerprint density at radius 3 is 2.84 bits per heavy atom. The van der Waals surface area contributed by atoms with Gasteiger partial charge in [0, 0.05) is 16.4 Å². The van der Waals surface area contributed by atoms with Gasteiger partial charge in [0.25, 0.3) is 5.91 Å². The molecule has 0 aliphatic heterocycles. The van der Waals surface area contributed by atoms with E-state index >= 15 is 0 Å². The molecular formula is C13H10BrClN2O2. The van der Waals surface area contributed by atoms with Gasteiger partial charge in [-0.05, 0) is 30.3 Å². The van der Waals surface area contributed by atoms with Gasteiger partial charge >= 0.3 is 0 Å². The van der Waals surface area contributed by atoms with Gasteiger partial charge in [0.15, 0.2) is 0 Å². The van der Waals surface area contributed by atoms with Crippen LogP contribution < -0.4 is 10.1 Å². The molecule has 4 nitrogen and oxygen atoms in total. The highest BCUT2D eigenvalue weighted by Crippen LogP contribution is 2.24. The number of pyridine rings is 1. The van der Waals surface area contributed by atoms with Gasteiger partial charge in [-0.1, -0.05) is 27.5 Å². The lowest BCUT2D eigenvalue weighted by molar-refractivity contribution is 0.102. The molecule has 0 fully saturated rings. The Balaban J connectivity index is 2.25. The Labute approximate surface area is 123 Å². The maximum absolute atomic E-state index is 12.1. The van der Waals surface area contributed by atoms with Crippen LogP contribution in [0.1, 0.15) is 10.4 Å². The fraction of sp³-hybridized carbons (Fsp3) is 0.0769. The van der Waals surface area contributed by atoms with Crippen LogP contribution in [0.2, 0.25) is 5.15 Å². The molecule has 0 radical (unpaired) electrons. The number of carbonyl (C=O) groups excluding carboxylic acids is 1. The standard InChI is InChI=1S/C13H10BrClN2O2/c1-19-11-6-8(14)2-3-10(11)13(18)17-9-4-5-16-12(15)7-9/h2-7H,1H3,(H,16,17,18). The zero-order valence-corrected chi connectivity index (χ0v) is 12.3. The quantitative estimate of drug-likeness (QED) is 0.865. The van der Waals surface area contributed by atoms with Crippen LogP contribution in [0.25, 0.3) is 0 Å². The van der Waals surface area contributed by atoms with Crippen molar-refractivity contribution in [1.29, 1.82) is 0 Å². The van der Waals surface area contributed by atoms with Gasteiger partial charge in [-0.3, -0.25) is 4.79 Å². The summed E-state index contributed by atoms with van der Waals surface area (Å²) < 4.78 is 6.02. The number of hydrogen-bond acceptors (Lipinski definition) is 3. The van der Waals surface area contributed by atoms with Crippen molar-refractivity contribution in [3.05, 3.63) is 51.7 Å². The lowest BCUT2D eigenvalue weighted by atomic mass is 10.2. The summed E-state index contributed by atoms with van der Waals surface area (Å²) in [7, 11) is 1.52. The van der Waals surface area contributed by atoms with E-state index in [1.165, 1.54) is 13.3 Å². The number of nitrogens with zero attached hydrogens (tertiary/aromatic N) is 1. The van der Waals surface area contributed by atoms with E-state index in [9.17, 15) is 4.79 Å². The summed E-state index contributed by atoms with van der Waals surface area (Å²) in [6, 6.07) is 8.42. The Morgan fingerprint density at radius 1 is 1.37 bits per heavy atom. The normalized spacial score (nSPS) is 10.1. The van der Waals surface area contributed by atoms with Gasteiger partial charge in [-0.2, -0.15) is 0 Å². The molecule has 0 saturated heterocycles. The van der Waals surface area contributed by atoms with E-state index in [1.54, 1.807) is 30.3 Å². The molecule has 0 atom stereocenters. The Morgan fingerprint density at radius 2 is 2.16 bits per heavy atom. The molecule has 6 heteroatoms. The molecule has 1 aromatic heterocycles. The van der Waals surface area contributed by atoms with Gasteiger partial charge in [0.2, 0.25) is 0 Å². The molecule has 2 aromatic rings. The van der Waals surface area contributed by atoms with Crippen molar-refractivity contribution in [3.63, 3.8) is 0 Å². The fourth-order valence-corrected chi connectivity index (χ4v) is 2.05. The molecule has 0 aliphatic carbocycles. The van der Waals surface area contributed by atoms with Crippen LogP contribution in [0.3, 0.4) is 0 Å². The third-order valence-electron chi connectivity index (χ3n) is 2.39. The van der Waals surface area contributed by atoms with Gasteiger partial charge in [-0.25, -0.2) is 4.98 Å². The number of aromatic nitrogens is 1. The number of carbonyl (C=O) groups is 1. The van der Waals surface area contributed by atoms with Crippen molar-refractivity contribution in [2.75, 3.05) is 12.4 Å². The van der Waals surface area contributed by atoms with E-state index < -0.39 is 0 Å². The van der Waals surface area contributed by atoms with Crippen LogP contribution in [0, 0.1) is 0 Å². The molecule has 1 N–H and O–H groups in total. The SMILES string of the molecule is COc1cc(Br)ccc1C(=O)Nc1ccnc(Cl)c1. The van der Waals surface area contributed by atoms with E-state index in [1.807, 2.05) is 0 Å². The number of rotatable bonds is 3. The molecular weight excluding hydrogens is 332 g/mol. The van der Waals surface area contributed by atoms with E-state index in [0.29, 0.717) is 22.2 Å². The molecule has 0 saturated carbocycles. The molecule has 0 aliphatic rings. The van der Waals surface area contributed by atoms with Crippen molar-refractivity contribution in [2.45, 2.75) is 0 Å². The molecule has 0 spiro atoms. The summed E-state index contributed by atoms with van der Waals surface area (Å²) in [5.74, 6) is 0.221. The van der Waals surface area contributed by atoms with Crippen molar-refractivity contribution >= 4 is 39.1 Å². The molecule has 98 valence electrons. The highest BCUT2D eigenvalue weighted by Gasteiger charge is 2.12. The first-order valence-corrected chi connectivity index (χ1v) is 6.53. The minimum atomic E-state index is -0.272. The van der Waals surface area contributed by atoms with Crippen LogP contribution in [-0.2, 0) is 0 Å². The molecule has 1 heterocycles. The highest BCUT2D eigenvalue weighted by atomic mass is 79.9. The summed E-state index contributed by atoms with van der Waals surface area (Å²) >= 11 is 9.09. The van der Waals surface area contributed by atoms with Crippen molar-refractivity contribution in [3.8, 4) is 5.75 Å². The third-order valence-corrected chi connectivity index (χ3v) is 3.09. The zero-order valence-electron chi connectivity index (χ0n) is 9.98. The molecule has 1 amide bonds. The second kappa shape index (κ2) is 6.04. The Kier molecular flexibility index (Phi) is 4.39. The predicted molar refractivity (Wildman–Crippen MR) is 77.9 cm³/mol. The van der Waals surface area contributed by atoms with Crippen molar-refractivity contribution < 1.29 is 9.53 Å². The van der Waals surface area contributed by atoms with E-state index in [-0.39, 0.29) is 5.91 Å². The lowest BCUT2D eigenvalue weighted by Crippen LogP contribution is -2.13. The second-order valence-corrected chi connectivity index (χ2v) is 4.97. The van der Waals surface area contributed by atoms with Crippen LogP contribution in [0.5, 0.6) is 5.75 Å². The van der Waals surface area contributed by atoms with Gasteiger partial charge in [-0.15, -0.1) is 0 Å². The molecule has 0 unspecified atom stereocenters. The minimum absolute atomic E-state index is 0.272. The van der Waals surface area contributed by atoms with E-state index in [2.05, 4.69) is 26.2 Å². The van der Waals surface area contributed by atoms with Crippen LogP contribution in [0.15, 0.2) is 41.0 Å². The maximum Gasteiger partial charge on any atom is 0.259 e. The Bertz CT molecular complexity index is 619. The number of halogens is 2. The van der Waals surface area contributed by atoms with Gasteiger partial charge in [0.05, 0.1) is 12.7 Å². The first-order chi connectivity index (χ1) is 9.10. The number of amides is 1. The summed E-state index contributed by atoms with van der Waals surface area (Å²) in [5, 5.41) is 3.05. The number of ether oxygens (including phenoxy) is 1. The number of nitrogens with one attached hydrogen (secondary N) is 1. The average molecular weight is 342 g/mol. The van der Waals surface area contributed by atoms with E-state index in [4.69, 9.17) is 16.3 Å². The predicted octanol–water partition coefficient (Wildman–Crippen LogP) is 3.76. The van der Waals surface area contributed by atoms with Gasteiger partial charge in [0.1, 0.15) is 10.9 Å². The third kappa shape index (κ3) is 3.45. The fourth-order valence-electron chi connectivity index (χ4n) is 1.53. The number of benzene rings is 1. The van der Waals surface area contributed by atoms with Crippen LogP contribution in [0.4, 0.5) is 5.69 Å². The number of hydrogen-bond donors (Lipinski definition) is 1. The number of methoxy groups -OCH3 is 1. The minimum Gasteiger partial charge on any atom is -0.496 e. The maximum atomic E-state index is 12.1. The lowest BCUT2D eigenvalue weighted by Gasteiger charge is -2.09. The smallest absolute Gasteiger partial charge is 0.259 e. The van der Waals surface area contributed by atoms with Crippen LogP contribution in [-0.4, -0.2) is 18.0 Å². The molecule has 1 aromatic carbocycles. The second-order valence-electron chi connectivity index (χ2n) is 3.67. The van der Waals surface area contributed by atoms with Gasteiger partial charge < -0.3 is 10.1 Å². The van der Waals surface area contributed by atoms with Crippen molar-refractivity contribution in [1.82, 2.24) is 4.98 Å². The monoisotopic (exact) mass is 340 g/mol. The largest absolute Gasteiger partial charge is 0.496 e.